The summed E-state index contributed by atoms with van der Waals surface area (Å²) in [6.07, 6.45) is -1.49. The number of alkyl halides is 3. The Morgan fingerprint density at radius 3 is 2.21 bits per heavy atom. The van der Waals surface area contributed by atoms with Gasteiger partial charge in [0, 0.05) is 0 Å². The van der Waals surface area contributed by atoms with Gasteiger partial charge in [-0.2, -0.15) is 0 Å². The van der Waals surface area contributed by atoms with Crippen LogP contribution < -0.4 is 9.47 Å². The number of ether oxygens (including phenoxy) is 2. The third-order valence-corrected chi connectivity index (χ3v) is 3.66. The SMILES string of the molecule is CCCCCOc1ccc(-c2ccc(OC(F)(F)F)c(Cl)c2)cc1. The van der Waals surface area contributed by atoms with E-state index >= 15 is 0 Å². The molecule has 0 N–H and O–H groups in total. The second kappa shape index (κ2) is 8.29. The lowest BCUT2D eigenvalue weighted by Crippen LogP contribution is -2.17. The fourth-order valence-electron chi connectivity index (χ4n) is 2.17. The van der Waals surface area contributed by atoms with E-state index in [1.165, 1.54) is 18.2 Å². The Morgan fingerprint density at radius 1 is 0.958 bits per heavy atom. The van der Waals surface area contributed by atoms with Gasteiger partial charge in [-0.05, 0) is 41.8 Å². The predicted octanol–water partition coefficient (Wildman–Crippen LogP) is 6.47. The van der Waals surface area contributed by atoms with E-state index in [4.69, 9.17) is 16.3 Å². The highest BCUT2D eigenvalue weighted by molar-refractivity contribution is 6.32. The van der Waals surface area contributed by atoms with Crippen LogP contribution in [0.15, 0.2) is 42.5 Å². The number of hydrogen-bond donors (Lipinski definition) is 0. The number of benzene rings is 2. The molecular formula is C18H18ClF3O2. The molecule has 0 unspecified atom stereocenters. The molecule has 0 atom stereocenters. The first kappa shape index (κ1) is 18.5. The Balaban J connectivity index is 2.05. The summed E-state index contributed by atoms with van der Waals surface area (Å²) in [5, 5.41) is -0.0929. The van der Waals surface area contributed by atoms with Gasteiger partial charge in [0.2, 0.25) is 0 Å². The molecule has 0 aromatic heterocycles. The zero-order valence-corrected chi connectivity index (χ0v) is 14.0. The number of hydrogen-bond acceptors (Lipinski definition) is 2. The maximum Gasteiger partial charge on any atom is 0.573 e. The molecule has 0 saturated heterocycles. The highest BCUT2D eigenvalue weighted by Gasteiger charge is 2.32. The van der Waals surface area contributed by atoms with Crippen molar-refractivity contribution in [2.45, 2.75) is 32.5 Å². The Morgan fingerprint density at radius 2 is 1.62 bits per heavy atom. The Bertz CT molecular complexity index is 654. The lowest BCUT2D eigenvalue weighted by atomic mass is 10.1. The minimum Gasteiger partial charge on any atom is -0.494 e. The summed E-state index contributed by atoms with van der Waals surface area (Å²) in [5.41, 5.74) is 1.53. The molecule has 0 aliphatic carbocycles. The maximum atomic E-state index is 12.2. The van der Waals surface area contributed by atoms with E-state index in [0.29, 0.717) is 12.2 Å². The molecule has 2 aromatic rings. The molecule has 0 fully saturated rings. The van der Waals surface area contributed by atoms with Gasteiger partial charge < -0.3 is 9.47 Å². The lowest BCUT2D eigenvalue weighted by molar-refractivity contribution is -0.274. The molecule has 0 aliphatic rings. The molecule has 0 heterocycles. The van der Waals surface area contributed by atoms with Crippen LogP contribution in [0.1, 0.15) is 26.2 Å². The first-order valence-electron chi connectivity index (χ1n) is 7.67. The normalized spacial score (nSPS) is 11.4. The zero-order valence-electron chi connectivity index (χ0n) is 13.2. The van der Waals surface area contributed by atoms with Crippen molar-refractivity contribution in [2.75, 3.05) is 6.61 Å². The van der Waals surface area contributed by atoms with E-state index in [2.05, 4.69) is 11.7 Å². The van der Waals surface area contributed by atoms with E-state index in [1.807, 2.05) is 24.3 Å². The summed E-state index contributed by atoms with van der Waals surface area (Å²) < 4.78 is 46.2. The van der Waals surface area contributed by atoms with Crippen molar-refractivity contribution in [2.24, 2.45) is 0 Å². The number of rotatable bonds is 7. The summed E-state index contributed by atoms with van der Waals surface area (Å²) in [6, 6.07) is 11.5. The van der Waals surface area contributed by atoms with Crippen molar-refractivity contribution >= 4 is 11.6 Å². The molecule has 2 aromatic carbocycles. The van der Waals surface area contributed by atoms with Crippen LogP contribution in [0.5, 0.6) is 11.5 Å². The number of unbranched alkanes of at least 4 members (excludes halogenated alkanes) is 2. The fourth-order valence-corrected chi connectivity index (χ4v) is 2.39. The van der Waals surface area contributed by atoms with Gasteiger partial charge >= 0.3 is 6.36 Å². The molecule has 0 amide bonds. The molecule has 0 aliphatic heterocycles. The van der Waals surface area contributed by atoms with Crippen LogP contribution >= 0.6 is 11.6 Å². The van der Waals surface area contributed by atoms with Crippen LogP contribution in [-0.2, 0) is 0 Å². The van der Waals surface area contributed by atoms with Crippen molar-refractivity contribution in [1.82, 2.24) is 0 Å². The van der Waals surface area contributed by atoms with Gasteiger partial charge in [0.25, 0.3) is 0 Å². The van der Waals surface area contributed by atoms with Gasteiger partial charge in [0.05, 0.1) is 11.6 Å². The minimum atomic E-state index is -4.76. The Labute approximate surface area is 144 Å². The zero-order chi connectivity index (χ0) is 17.6. The average molecular weight is 359 g/mol. The molecule has 2 rings (SSSR count). The van der Waals surface area contributed by atoms with Gasteiger partial charge in [0.15, 0.2) is 0 Å². The molecule has 0 saturated carbocycles. The first-order valence-corrected chi connectivity index (χ1v) is 8.05. The third-order valence-electron chi connectivity index (χ3n) is 3.36. The summed E-state index contributed by atoms with van der Waals surface area (Å²) in [5.74, 6) is 0.349. The van der Waals surface area contributed by atoms with Crippen molar-refractivity contribution in [3.63, 3.8) is 0 Å². The van der Waals surface area contributed by atoms with E-state index in [1.54, 1.807) is 0 Å². The average Bonchev–Trinajstić information content (AvgIpc) is 2.53. The van der Waals surface area contributed by atoms with Crippen molar-refractivity contribution < 1.29 is 22.6 Å². The van der Waals surface area contributed by atoms with Gasteiger partial charge in [-0.25, -0.2) is 0 Å². The topological polar surface area (TPSA) is 18.5 Å². The molecule has 0 radical (unpaired) electrons. The lowest BCUT2D eigenvalue weighted by Gasteiger charge is -2.12. The van der Waals surface area contributed by atoms with Crippen LogP contribution in [-0.4, -0.2) is 13.0 Å². The third kappa shape index (κ3) is 5.64. The smallest absolute Gasteiger partial charge is 0.494 e. The van der Waals surface area contributed by atoms with Gasteiger partial charge in [-0.15, -0.1) is 13.2 Å². The van der Waals surface area contributed by atoms with Gasteiger partial charge in [0.1, 0.15) is 11.5 Å². The Hall–Kier alpha value is -1.88. The molecule has 0 bridgehead atoms. The predicted molar refractivity (Wildman–Crippen MR) is 88.6 cm³/mol. The van der Waals surface area contributed by atoms with E-state index in [-0.39, 0.29) is 5.02 Å². The fraction of sp³-hybridized carbons (Fsp3) is 0.333. The maximum absolute atomic E-state index is 12.2. The van der Waals surface area contributed by atoms with Gasteiger partial charge in [-0.3, -0.25) is 0 Å². The Kier molecular flexibility index (Phi) is 6.37. The molecular weight excluding hydrogens is 341 g/mol. The molecule has 130 valence electrons. The highest BCUT2D eigenvalue weighted by Crippen LogP contribution is 2.34. The van der Waals surface area contributed by atoms with Crippen LogP contribution in [0.25, 0.3) is 11.1 Å². The first-order chi connectivity index (χ1) is 11.4. The second-order valence-corrected chi connectivity index (χ2v) is 5.68. The van der Waals surface area contributed by atoms with Crippen LogP contribution in [0.3, 0.4) is 0 Å². The quantitative estimate of drug-likeness (QED) is 0.528. The number of halogens is 4. The van der Waals surface area contributed by atoms with Crippen molar-refractivity contribution in [3.8, 4) is 22.6 Å². The van der Waals surface area contributed by atoms with Gasteiger partial charge in [-0.1, -0.05) is 49.6 Å². The summed E-state index contributed by atoms with van der Waals surface area (Å²) in [6.45, 7) is 2.80. The van der Waals surface area contributed by atoms with Crippen molar-refractivity contribution in [1.29, 1.82) is 0 Å². The van der Waals surface area contributed by atoms with Crippen molar-refractivity contribution in [3.05, 3.63) is 47.5 Å². The van der Waals surface area contributed by atoms with E-state index in [0.717, 1.165) is 30.6 Å². The monoisotopic (exact) mass is 358 g/mol. The molecule has 24 heavy (non-hydrogen) atoms. The summed E-state index contributed by atoms with van der Waals surface area (Å²) in [7, 11) is 0. The summed E-state index contributed by atoms with van der Waals surface area (Å²) in [4.78, 5) is 0. The van der Waals surface area contributed by atoms with E-state index in [9.17, 15) is 13.2 Å². The minimum absolute atomic E-state index is 0.0929. The molecule has 0 spiro atoms. The molecule has 6 heteroatoms. The van der Waals surface area contributed by atoms with Crippen LogP contribution in [0.4, 0.5) is 13.2 Å². The standard InChI is InChI=1S/C18H18ClF3O2/c1-2-3-4-11-23-15-8-5-13(6-9-15)14-7-10-17(16(19)12-14)24-18(20,21)22/h5-10,12H,2-4,11H2,1H3. The van der Waals surface area contributed by atoms with Crippen LogP contribution in [0, 0.1) is 0 Å². The van der Waals surface area contributed by atoms with Crippen LogP contribution in [0.2, 0.25) is 5.02 Å². The molecule has 2 nitrogen and oxygen atoms in total. The largest absolute Gasteiger partial charge is 0.573 e. The van der Waals surface area contributed by atoms with E-state index < -0.39 is 12.1 Å². The summed E-state index contributed by atoms with van der Waals surface area (Å²) >= 11 is 5.87. The second-order valence-electron chi connectivity index (χ2n) is 5.27. The highest BCUT2D eigenvalue weighted by atomic mass is 35.5.